The van der Waals surface area contributed by atoms with Crippen LogP contribution in [0.3, 0.4) is 0 Å². The van der Waals surface area contributed by atoms with Crippen molar-refractivity contribution in [2.24, 2.45) is 0 Å². The van der Waals surface area contributed by atoms with Gasteiger partial charge >= 0.3 is 5.97 Å². The predicted molar refractivity (Wildman–Crippen MR) is 104 cm³/mol. The Morgan fingerprint density at radius 2 is 1.79 bits per heavy atom. The maximum absolute atomic E-state index is 12.3. The van der Waals surface area contributed by atoms with Gasteiger partial charge in [0.05, 0.1) is 5.56 Å². The van der Waals surface area contributed by atoms with Gasteiger partial charge in [0.15, 0.2) is 6.10 Å². The van der Waals surface area contributed by atoms with Crippen molar-refractivity contribution in [1.82, 2.24) is 10.2 Å². The van der Waals surface area contributed by atoms with E-state index in [9.17, 15) is 14.4 Å². The number of esters is 1. The normalized spacial score (nSPS) is 14.6. The van der Waals surface area contributed by atoms with Crippen LogP contribution in [0.4, 0.5) is 0 Å². The molecule has 1 aliphatic heterocycles. The fraction of sp³-hybridized carbons (Fsp3) is 0.318. The van der Waals surface area contributed by atoms with E-state index >= 15 is 0 Å². The van der Waals surface area contributed by atoms with E-state index in [-0.39, 0.29) is 11.8 Å². The number of amides is 2. The summed E-state index contributed by atoms with van der Waals surface area (Å²) in [5.41, 5.74) is 2.31. The van der Waals surface area contributed by atoms with Gasteiger partial charge in [0.25, 0.3) is 5.91 Å². The Morgan fingerprint density at radius 3 is 2.43 bits per heavy atom. The molecule has 0 aliphatic carbocycles. The fourth-order valence-electron chi connectivity index (χ4n) is 3.05. The first-order valence-electron chi connectivity index (χ1n) is 9.42. The Bertz CT molecular complexity index is 833. The highest BCUT2D eigenvalue weighted by Crippen LogP contribution is 2.15. The van der Waals surface area contributed by atoms with Crippen LogP contribution in [0, 0.1) is 0 Å². The number of hydrogen-bond acceptors (Lipinski definition) is 4. The van der Waals surface area contributed by atoms with Gasteiger partial charge in [-0.3, -0.25) is 9.59 Å². The lowest BCUT2D eigenvalue weighted by atomic mass is 10.1. The molecule has 1 N–H and O–H groups in total. The summed E-state index contributed by atoms with van der Waals surface area (Å²) in [5.74, 6) is -0.730. The second-order valence-corrected chi connectivity index (χ2v) is 6.87. The summed E-state index contributed by atoms with van der Waals surface area (Å²) < 4.78 is 5.26. The average Bonchev–Trinajstić information content (AvgIpc) is 3.11. The van der Waals surface area contributed by atoms with Crippen LogP contribution >= 0.6 is 0 Å². The smallest absolute Gasteiger partial charge is 0.338 e. The van der Waals surface area contributed by atoms with Crippen LogP contribution in [-0.4, -0.2) is 35.3 Å². The van der Waals surface area contributed by atoms with Gasteiger partial charge in [0.2, 0.25) is 5.91 Å². The van der Waals surface area contributed by atoms with E-state index in [1.165, 1.54) is 0 Å². The minimum Gasteiger partial charge on any atom is -0.449 e. The lowest BCUT2D eigenvalue weighted by Crippen LogP contribution is -2.35. The zero-order chi connectivity index (χ0) is 19.9. The minimum atomic E-state index is -0.891. The number of carbonyl (C=O) groups is 3. The van der Waals surface area contributed by atoms with Gasteiger partial charge in [-0.2, -0.15) is 0 Å². The second kappa shape index (κ2) is 9.17. The molecule has 2 aromatic carbocycles. The fourth-order valence-corrected chi connectivity index (χ4v) is 3.05. The van der Waals surface area contributed by atoms with Crippen molar-refractivity contribution in [3.05, 3.63) is 71.3 Å². The molecule has 1 heterocycles. The van der Waals surface area contributed by atoms with Gasteiger partial charge in [0.1, 0.15) is 0 Å². The van der Waals surface area contributed by atoms with Crippen LogP contribution in [0.1, 0.15) is 41.3 Å². The van der Waals surface area contributed by atoms with Gasteiger partial charge in [-0.25, -0.2) is 4.79 Å². The molecule has 3 rings (SSSR count). The maximum Gasteiger partial charge on any atom is 0.338 e. The number of rotatable bonds is 7. The van der Waals surface area contributed by atoms with Crippen molar-refractivity contribution in [3.63, 3.8) is 0 Å². The van der Waals surface area contributed by atoms with Gasteiger partial charge in [-0.1, -0.05) is 42.5 Å². The van der Waals surface area contributed by atoms with Gasteiger partial charge in [-0.05, 0) is 36.6 Å². The van der Waals surface area contributed by atoms with E-state index in [1.807, 2.05) is 47.4 Å². The van der Waals surface area contributed by atoms with Crippen LogP contribution in [0.15, 0.2) is 54.6 Å². The first-order chi connectivity index (χ1) is 13.5. The molecular formula is C22H24N2O4. The molecule has 28 heavy (non-hydrogen) atoms. The summed E-state index contributed by atoms with van der Waals surface area (Å²) in [4.78, 5) is 37.9. The van der Waals surface area contributed by atoms with Crippen LogP contribution in [0.5, 0.6) is 0 Å². The topological polar surface area (TPSA) is 75.7 Å². The number of carbonyl (C=O) groups excluding carboxylic acids is 3. The molecule has 0 spiro atoms. The number of ether oxygens (including phenoxy) is 1. The van der Waals surface area contributed by atoms with Crippen molar-refractivity contribution in [2.45, 2.75) is 39.0 Å². The number of nitrogens with zero attached hydrogens (tertiary/aromatic N) is 1. The summed E-state index contributed by atoms with van der Waals surface area (Å²) in [6.07, 6.45) is 0.611. The maximum atomic E-state index is 12.3. The summed E-state index contributed by atoms with van der Waals surface area (Å²) in [7, 11) is 0. The van der Waals surface area contributed by atoms with Gasteiger partial charge < -0.3 is 15.0 Å². The standard InChI is InChI=1S/C22H24N2O4/c1-16(21(26)23-14-17-6-3-2-4-7-17)28-22(27)19-11-9-18(10-12-19)15-24-13-5-8-20(24)25/h2-4,6-7,9-12,16H,5,8,13-15H2,1H3,(H,23,26). The van der Waals surface area contributed by atoms with E-state index in [0.717, 1.165) is 24.1 Å². The van der Waals surface area contributed by atoms with E-state index in [4.69, 9.17) is 4.74 Å². The molecular weight excluding hydrogens is 356 g/mol. The SMILES string of the molecule is CC(OC(=O)c1ccc(CN2CCCC2=O)cc1)C(=O)NCc1ccccc1. The van der Waals surface area contributed by atoms with Crippen molar-refractivity contribution in [3.8, 4) is 0 Å². The van der Waals surface area contributed by atoms with Crippen LogP contribution < -0.4 is 5.32 Å². The number of likely N-dealkylation sites (tertiary alicyclic amines) is 1. The lowest BCUT2D eigenvalue weighted by molar-refractivity contribution is -0.129. The third-order valence-corrected chi connectivity index (χ3v) is 4.70. The monoisotopic (exact) mass is 380 g/mol. The summed E-state index contributed by atoms with van der Waals surface area (Å²) in [6, 6.07) is 16.5. The molecule has 1 aliphatic rings. The summed E-state index contributed by atoms with van der Waals surface area (Å²) in [5, 5.41) is 2.76. The van der Waals surface area contributed by atoms with Gasteiger partial charge in [0, 0.05) is 26.1 Å². The van der Waals surface area contributed by atoms with Crippen molar-refractivity contribution in [2.75, 3.05) is 6.54 Å². The highest BCUT2D eigenvalue weighted by atomic mass is 16.5. The molecule has 0 aromatic heterocycles. The van der Waals surface area contributed by atoms with Crippen LogP contribution in [0.25, 0.3) is 0 Å². The van der Waals surface area contributed by atoms with Crippen molar-refractivity contribution < 1.29 is 19.1 Å². The second-order valence-electron chi connectivity index (χ2n) is 6.87. The number of nitrogens with one attached hydrogen (secondary N) is 1. The summed E-state index contributed by atoms with van der Waals surface area (Å²) >= 11 is 0. The molecule has 6 nitrogen and oxygen atoms in total. The molecule has 1 unspecified atom stereocenters. The molecule has 146 valence electrons. The van der Waals surface area contributed by atoms with Crippen LogP contribution in [0.2, 0.25) is 0 Å². The highest BCUT2D eigenvalue weighted by molar-refractivity contribution is 5.92. The Labute approximate surface area is 164 Å². The molecule has 0 radical (unpaired) electrons. The zero-order valence-electron chi connectivity index (χ0n) is 15.9. The highest BCUT2D eigenvalue weighted by Gasteiger charge is 2.21. The summed E-state index contributed by atoms with van der Waals surface area (Å²) in [6.45, 7) is 3.25. The predicted octanol–water partition coefficient (Wildman–Crippen LogP) is 2.67. The van der Waals surface area contributed by atoms with E-state index in [0.29, 0.717) is 25.1 Å². The average molecular weight is 380 g/mol. The Hall–Kier alpha value is -3.15. The molecule has 2 aromatic rings. The molecule has 0 saturated carbocycles. The quantitative estimate of drug-likeness (QED) is 0.750. The lowest BCUT2D eigenvalue weighted by Gasteiger charge is -2.16. The molecule has 0 bridgehead atoms. The Balaban J connectivity index is 1.49. The molecule has 2 amide bonds. The minimum absolute atomic E-state index is 0.166. The van der Waals surface area contributed by atoms with Crippen molar-refractivity contribution >= 4 is 17.8 Å². The third kappa shape index (κ3) is 5.19. The first-order valence-corrected chi connectivity index (χ1v) is 9.42. The molecule has 6 heteroatoms. The molecule has 1 atom stereocenters. The first kappa shape index (κ1) is 19.6. The van der Waals surface area contributed by atoms with E-state index in [1.54, 1.807) is 19.1 Å². The van der Waals surface area contributed by atoms with E-state index in [2.05, 4.69) is 5.32 Å². The largest absolute Gasteiger partial charge is 0.449 e. The number of hydrogen-bond donors (Lipinski definition) is 1. The van der Waals surface area contributed by atoms with Gasteiger partial charge in [-0.15, -0.1) is 0 Å². The zero-order valence-corrected chi connectivity index (χ0v) is 15.9. The van der Waals surface area contributed by atoms with E-state index < -0.39 is 12.1 Å². The Morgan fingerprint density at radius 1 is 1.07 bits per heavy atom. The van der Waals surface area contributed by atoms with Crippen molar-refractivity contribution in [1.29, 1.82) is 0 Å². The Kier molecular flexibility index (Phi) is 6.42. The molecule has 1 saturated heterocycles. The third-order valence-electron chi connectivity index (χ3n) is 4.70. The van der Waals surface area contributed by atoms with Crippen LogP contribution in [-0.2, 0) is 27.4 Å². The molecule has 1 fully saturated rings. The number of benzene rings is 2.